The Labute approximate surface area is 249 Å². The molecule has 0 aliphatic carbocycles. The molecule has 0 fully saturated rings. The first-order valence-corrected chi connectivity index (χ1v) is 11.9. The molecule has 47 heavy (non-hydrogen) atoms. The van der Waals surface area contributed by atoms with E-state index in [-0.39, 0.29) is 16.8 Å². The second kappa shape index (κ2) is 12.2. The van der Waals surface area contributed by atoms with Crippen molar-refractivity contribution in [3.05, 3.63) is 23.3 Å². The first-order valence-electron chi connectivity index (χ1n) is 11.9. The average molecular weight is 738 g/mol. The lowest BCUT2D eigenvalue weighted by Gasteiger charge is -2.44. The zero-order chi connectivity index (χ0) is 37.8. The smallest absolute Gasteiger partial charge is 0.460 e. The van der Waals surface area contributed by atoms with Crippen molar-refractivity contribution in [3.63, 3.8) is 0 Å². The van der Waals surface area contributed by atoms with Crippen LogP contribution in [0, 0.1) is 13.8 Å². The predicted molar refractivity (Wildman–Crippen MR) is 118 cm³/mol. The fourth-order valence-corrected chi connectivity index (χ4v) is 3.16. The molecule has 3 nitrogen and oxygen atoms in total. The number of rotatable bonds is 14. The third kappa shape index (κ3) is 6.32. The topological polar surface area (TPSA) is 24.8 Å². The van der Waals surface area contributed by atoms with Crippen LogP contribution in [-0.4, -0.2) is 90.9 Å². The Kier molecular flexibility index (Phi) is 10.9. The van der Waals surface area contributed by atoms with E-state index < -0.39 is 71.8 Å². The molecule has 0 unspecified atom stereocenters. The van der Waals surface area contributed by atoms with Gasteiger partial charge in [-0.2, -0.15) is 92.2 Å². The van der Waals surface area contributed by atoms with Crippen LogP contribution < -0.4 is 4.74 Å². The highest BCUT2D eigenvalue weighted by molar-refractivity contribution is 5.64. The summed E-state index contributed by atoms with van der Waals surface area (Å²) in [4.78, 5) is 5.47. The van der Waals surface area contributed by atoms with Crippen LogP contribution in [0.25, 0.3) is 0 Å². The number of halogens is 21. The van der Waals surface area contributed by atoms with Gasteiger partial charge in [-0.25, -0.2) is 4.99 Å². The molecule has 1 aromatic carbocycles. The maximum absolute atomic E-state index is 14.2. The van der Waals surface area contributed by atoms with Crippen LogP contribution >= 0.6 is 0 Å². The normalized spacial score (nSPS) is 15.4. The summed E-state index contributed by atoms with van der Waals surface area (Å²) < 4.78 is 288. The van der Waals surface area contributed by atoms with Gasteiger partial charge in [-0.3, -0.25) is 0 Å². The van der Waals surface area contributed by atoms with Gasteiger partial charge in [-0.1, -0.05) is 0 Å². The number of hydrogen-bond acceptors (Lipinski definition) is 2. The van der Waals surface area contributed by atoms with Crippen molar-refractivity contribution in [3.8, 4) is 5.75 Å². The van der Waals surface area contributed by atoms with Crippen LogP contribution in [0.3, 0.4) is 0 Å². The van der Waals surface area contributed by atoms with Crippen LogP contribution in [0.5, 0.6) is 5.75 Å². The molecule has 0 heterocycles. The summed E-state index contributed by atoms with van der Waals surface area (Å²) >= 11 is 0. The Balaban J connectivity index is 3.59. The van der Waals surface area contributed by atoms with Crippen molar-refractivity contribution in [1.82, 2.24) is 4.90 Å². The molecule has 0 radical (unpaired) electrons. The molecular weight excluding hydrogens is 719 g/mol. The molecule has 0 bridgehead atoms. The Morgan fingerprint density at radius 2 is 0.936 bits per heavy atom. The maximum Gasteiger partial charge on any atom is 0.460 e. The summed E-state index contributed by atoms with van der Waals surface area (Å²) in [5.74, 6) is -78.4. The van der Waals surface area contributed by atoms with Gasteiger partial charge in [0.2, 0.25) is 0 Å². The molecule has 1 rings (SSSR count). The summed E-state index contributed by atoms with van der Waals surface area (Å²) in [7, 11) is 1.55. The van der Waals surface area contributed by atoms with Gasteiger partial charge in [0.15, 0.2) is 6.61 Å². The fraction of sp³-hybridized carbons (Fsp3) is 0.696. The van der Waals surface area contributed by atoms with Gasteiger partial charge < -0.3 is 9.64 Å². The van der Waals surface area contributed by atoms with Gasteiger partial charge in [0, 0.05) is 13.6 Å². The summed E-state index contributed by atoms with van der Waals surface area (Å²) in [6.07, 6.45) is -6.78. The number of aryl methyl sites for hydroxylation is 2. The van der Waals surface area contributed by atoms with Crippen molar-refractivity contribution in [1.29, 1.82) is 0 Å². The summed E-state index contributed by atoms with van der Waals surface area (Å²) in [5.41, 5.74) is -0.242. The quantitative estimate of drug-likeness (QED) is 0.108. The van der Waals surface area contributed by atoms with Crippen LogP contribution in [0.4, 0.5) is 97.9 Å². The molecule has 0 aliphatic rings. The first-order chi connectivity index (χ1) is 20.5. The SMILES string of the molecule is CCN(C)C=Nc1cc(C)c(OCC(F)(F)C(F)(F)C(F)(F)C(F)(F)C(F)(F)C(F)(F)C(F)(F)C(F)(F)C(F)(F)C(F)(F)F)cc1C. The highest BCUT2D eigenvalue weighted by Gasteiger charge is 2.97. The second-order valence-electron chi connectivity index (χ2n) is 9.81. The number of nitrogens with zero attached hydrogens (tertiary/aromatic N) is 2. The van der Waals surface area contributed by atoms with Gasteiger partial charge in [-0.15, -0.1) is 0 Å². The summed E-state index contributed by atoms with van der Waals surface area (Å²) in [6, 6.07) is 1.76. The molecular formula is C23H19F21N2O. The van der Waals surface area contributed by atoms with E-state index in [4.69, 9.17) is 0 Å². The van der Waals surface area contributed by atoms with Gasteiger partial charge in [-0.05, 0) is 44.0 Å². The average Bonchev–Trinajstić information content (AvgIpc) is 2.90. The van der Waals surface area contributed by atoms with Gasteiger partial charge in [0.25, 0.3) is 0 Å². The molecule has 0 aromatic heterocycles. The number of aliphatic imine (C=N–C) groups is 1. The lowest BCUT2D eigenvalue weighted by Crippen LogP contribution is -2.77. The van der Waals surface area contributed by atoms with Crippen molar-refractivity contribution < 1.29 is 96.9 Å². The Hall–Kier alpha value is -2.98. The largest absolute Gasteiger partial charge is 0.487 e. The number of hydrogen-bond donors (Lipinski definition) is 0. The van der Waals surface area contributed by atoms with E-state index in [1.807, 2.05) is 0 Å². The van der Waals surface area contributed by atoms with Crippen molar-refractivity contribution in [2.75, 3.05) is 20.2 Å². The van der Waals surface area contributed by atoms with Crippen LogP contribution in [-0.2, 0) is 0 Å². The van der Waals surface area contributed by atoms with Crippen LogP contribution in [0.15, 0.2) is 17.1 Å². The minimum Gasteiger partial charge on any atom is -0.487 e. The van der Waals surface area contributed by atoms with E-state index in [1.54, 1.807) is 14.0 Å². The van der Waals surface area contributed by atoms with E-state index in [0.717, 1.165) is 19.1 Å². The molecule has 0 spiro atoms. The Morgan fingerprint density at radius 1 is 0.574 bits per heavy atom. The fourth-order valence-electron chi connectivity index (χ4n) is 3.16. The number of alkyl halides is 21. The second-order valence-corrected chi connectivity index (χ2v) is 9.81. The number of benzene rings is 1. The highest BCUT2D eigenvalue weighted by atomic mass is 19.4. The van der Waals surface area contributed by atoms with E-state index in [1.165, 1.54) is 18.2 Å². The van der Waals surface area contributed by atoms with E-state index >= 15 is 0 Å². The Morgan fingerprint density at radius 3 is 1.30 bits per heavy atom. The van der Waals surface area contributed by atoms with Gasteiger partial charge in [0.1, 0.15) is 5.75 Å². The lowest BCUT2D eigenvalue weighted by molar-refractivity contribution is -0.474. The van der Waals surface area contributed by atoms with Crippen LogP contribution in [0.2, 0.25) is 0 Å². The minimum absolute atomic E-state index is 0.00556. The predicted octanol–water partition coefficient (Wildman–Crippen LogP) is 9.57. The molecule has 24 heteroatoms. The monoisotopic (exact) mass is 738 g/mol. The summed E-state index contributed by atoms with van der Waals surface area (Å²) in [5, 5.41) is 0. The molecule has 0 saturated carbocycles. The first kappa shape index (κ1) is 42.0. The molecule has 0 saturated heterocycles. The van der Waals surface area contributed by atoms with Gasteiger partial charge >= 0.3 is 59.5 Å². The zero-order valence-electron chi connectivity index (χ0n) is 23.4. The summed E-state index contributed by atoms with van der Waals surface area (Å²) in [6.45, 7) is 1.13. The molecule has 0 amide bonds. The van der Waals surface area contributed by atoms with Gasteiger partial charge in [0.05, 0.1) is 12.0 Å². The molecule has 1 aromatic rings. The standard InChI is InChI=1S/C23H19F21N2O/c1-5-46(4)9-45-12-6-11(3)13(7-10(12)2)47-8-14(24,25)15(26,27)16(28,29)17(30,31)18(32,33)19(34,35)20(36,37)21(38,39)22(40,41)23(42,43)44/h6-7,9H,5,8H2,1-4H3. The highest BCUT2D eigenvalue weighted by Crippen LogP contribution is 2.66. The molecule has 0 aliphatic heterocycles. The lowest BCUT2D eigenvalue weighted by atomic mass is 9.86. The van der Waals surface area contributed by atoms with Crippen LogP contribution in [0.1, 0.15) is 18.1 Å². The number of ether oxygens (including phenoxy) is 1. The Bertz CT molecular complexity index is 1300. The molecule has 274 valence electrons. The third-order valence-electron chi connectivity index (χ3n) is 6.37. The molecule has 0 atom stereocenters. The van der Waals surface area contributed by atoms with E-state index in [2.05, 4.69) is 9.73 Å². The van der Waals surface area contributed by atoms with Crippen molar-refractivity contribution >= 4 is 12.0 Å². The minimum atomic E-state index is -9.21. The molecule has 0 N–H and O–H groups in total. The van der Waals surface area contributed by atoms with E-state index in [0.29, 0.717) is 6.54 Å². The van der Waals surface area contributed by atoms with E-state index in [9.17, 15) is 92.2 Å². The third-order valence-corrected chi connectivity index (χ3v) is 6.37. The zero-order valence-corrected chi connectivity index (χ0v) is 23.4. The maximum atomic E-state index is 14.2. The van der Waals surface area contributed by atoms with Crippen molar-refractivity contribution in [2.24, 2.45) is 4.99 Å². The van der Waals surface area contributed by atoms with Crippen molar-refractivity contribution in [2.45, 2.75) is 80.3 Å².